The van der Waals surface area contributed by atoms with Crippen molar-refractivity contribution < 1.29 is 0 Å². The van der Waals surface area contributed by atoms with Crippen LogP contribution in [-0.2, 0) is 6.42 Å². The van der Waals surface area contributed by atoms with Crippen LogP contribution in [0.4, 0.5) is 0 Å². The van der Waals surface area contributed by atoms with Gasteiger partial charge in [0.2, 0.25) is 0 Å². The third kappa shape index (κ3) is 8.92. The topological polar surface area (TPSA) is 0 Å². The normalized spacial score (nSPS) is 31.2. The molecule has 0 saturated heterocycles. The number of rotatable bonds is 12. The van der Waals surface area contributed by atoms with Gasteiger partial charge in [0.05, 0.1) is 0 Å². The van der Waals surface area contributed by atoms with E-state index in [2.05, 4.69) is 62.4 Å². The maximum atomic E-state index is 2.59. The Hall–Kier alpha value is -1.30. The first-order valence-corrected chi connectivity index (χ1v) is 16.2. The minimum atomic E-state index is 0.708. The Labute approximate surface area is 224 Å². The monoisotopic (exact) mass is 488 g/mol. The minimum Gasteiger partial charge on any atom is -0.0848 e. The van der Waals surface area contributed by atoms with E-state index in [4.69, 9.17) is 0 Å². The fourth-order valence-electron chi connectivity index (χ4n) is 7.43. The van der Waals surface area contributed by atoms with Crippen molar-refractivity contribution >= 4 is 0 Å². The van der Waals surface area contributed by atoms with Gasteiger partial charge in [-0.25, -0.2) is 0 Å². The summed E-state index contributed by atoms with van der Waals surface area (Å²) in [7, 11) is 0. The summed E-state index contributed by atoms with van der Waals surface area (Å²) in [5.74, 6) is 5.18. The molecule has 200 valence electrons. The van der Waals surface area contributed by atoms with Gasteiger partial charge < -0.3 is 0 Å². The Morgan fingerprint density at radius 1 is 0.639 bits per heavy atom. The average molecular weight is 489 g/mol. The summed E-state index contributed by atoms with van der Waals surface area (Å²) in [6.07, 6.45) is 35.5. The zero-order valence-electron chi connectivity index (χ0n) is 23.8. The summed E-state index contributed by atoms with van der Waals surface area (Å²) < 4.78 is 0. The molecule has 0 bridgehead atoms. The molecule has 36 heavy (non-hydrogen) atoms. The zero-order valence-corrected chi connectivity index (χ0v) is 23.8. The van der Waals surface area contributed by atoms with Gasteiger partial charge in [0.15, 0.2) is 0 Å². The Morgan fingerprint density at radius 2 is 1.36 bits per heavy atom. The molecule has 3 aliphatic carbocycles. The van der Waals surface area contributed by atoms with Crippen molar-refractivity contribution in [3.63, 3.8) is 0 Å². The first-order valence-electron chi connectivity index (χ1n) is 16.2. The summed E-state index contributed by atoms with van der Waals surface area (Å²) in [6, 6.07) is 9.87. The second-order valence-electron chi connectivity index (χ2n) is 12.8. The molecule has 0 heterocycles. The van der Waals surface area contributed by atoms with Crippen LogP contribution >= 0.6 is 0 Å². The van der Waals surface area contributed by atoms with Crippen LogP contribution < -0.4 is 0 Å². The zero-order chi connectivity index (χ0) is 25.0. The molecule has 0 aromatic heterocycles. The molecule has 1 aromatic carbocycles. The standard InChI is InChI=1S/C36H56/c1-3-5-6-8-30-21-25-35(26-22-30)36-27-23-34(24-28-36)20-19-33-17-15-32(16-18-33)14-13-31-11-9-29(7-4-2)10-12-31/h9,11,13-14,23-24,27-33,35H,3-8,10,12,15-22,25-26H2,1-2H3/b14-13+. The predicted molar refractivity (Wildman–Crippen MR) is 158 cm³/mol. The third-order valence-corrected chi connectivity index (χ3v) is 10.0. The van der Waals surface area contributed by atoms with Crippen LogP contribution in [0.5, 0.6) is 0 Å². The van der Waals surface area contributed by atoms with Crippen molar-refractivity contribution in [1.29, 1.82) is 0 Å². The van der Waals surface area contributed by atoms with E-state index in [1.165, 1.54) is 116 Å². The fraction of sp³-hybridized carbons (Fsp3) is 0.722. The predicted octanol–water partition coefficient (Wildman–Crippen LogP) is 11.2. The molecular formula is C36H56. The Bertz CT molecular complexity index is 767. The van der Waals surface area contributed by atoms with E-state index in [9.17, 15) is 0 Å². The van der Waals surface area contributed by atoms with Gasteiger partial charge in [-0.3, -0.25) is 0 Å². The largest absolute Gasteiger partial charge is 0.0848 e. The summed E-state index contributed by atoms with van der Waals surface area (Å²) in [5.41, 5.74) is 3.19. The van der Waals surface area contributed by atoms with E-state index < -0.39 is 0 Å². The number of allylic oxidation sites excluding steroid dienone is 4. The molecular weight excluding hydrogens is 432 g/mol. The molecule has 0 radical (unpaired) electrons. The second-order valence-corrected chi connectivity index (χ2v) is 12.8. The highest BCUT2D eigenvalue weighted by atomic mass is 14.3. The summed E-state index contributed by atoms with van der Waals surface area (Å²) in [6.45, 7) is 4.63. The lowest BCUT2D eigenvalue weighted by Crippen LogP contribution is -2.14. The van der Waals surface area contributed by atoms with E-state index in [-0.39, 0.29) is 0 Å². The first kappa shape index (κ1) is 27.7. The van der Waals surface area contributed by atoms with Gasteiger partial charge in [-0.2, -0.15) is 0 Å². The summed E-state index contributed by atoms with van der Waals surface area (Å²) in [4.78, 5) is 0. The van der Waals surface area contributed by atoms with Crippen LogP contribution in [0.1, 0.15) is 140 Å². The summed E-state index contributed by atoms with van der Waals surface area (Å²) in [5, 5.41) is 0. The highest BCUT2D eigenvalue weighted by Crippen LogP contribution is 2.38. The summed E-state index contributed by atoms with van der Waals surface area (Å²) >= 11 is 0. The van der Waals surface area contributed by atoms with Gasteiger partial charge in [-0.15, -0.1) is 0 Å². The first-order chi connectivity index (χ1) is 17.7. The Kier molecular flexibility index (Phi) is 11.7. The maximum Gasteiger partial charge on any atom is -0.00531 e. The number of hydrogen-bond acceptors (Lipinski definition) is 0. The molecule has 0 N–H and O–H groups in total. The maximum absolute atomic E-state index is 2.59. The SMILES string of the molecule is CCCCCC1CCC(c2ccc(CCC3CCC(/C=C/C4C=CC(CCC)CC4)CC3)cc2)CC1. The van der Waals surface area contributed by atoms with Crippen molar-refractivity contribution in [1.82, 2.24) is 0 Å². The molecule has 4 rings (SSSR count). The minimum absolute atomic E-state index is 0.708. The van der Waals surface area contributed by atoms with E-state index in [0.29, 0.717) is 5.92 Å². The molecule has 0 nitrogen and oxygen atoms in total. The lowest BCUT2D eigenvalue weighted by atomic mass is 9.76. The molecule has 0 heteroatoms. The number of unbranched alkanes of at least 4 members (excludes halogenated alkanes) is 2. The molecule has 2 saturated carbocycles. The van der Waals surface area contributed by atoms with Crippen LogP contribution in [0.15, 0.2) is 48.6 Å². The van der Waals surface area contributed by atoms with Gasteiger partial charge in [-0.05, 0) is 130 Å². The van der Waals surface area contributed by atoms with Gasteiger partial charge in [0, 0.05) is 0 Å². The molecule has 2 fully saturated rings. The van der Waals surface area contributed by atoms with Crippen molar-refractivity contribution in [2.75, 3.05) is 0 Å². The van der Waals surface area contributed by atoms with Gasteiger partial charge in [0.25, 0.3) is 0 Å². The lowest BCUT2D eigenvalue weighted by Gasteiger charge is -2.29. The van der Waals surface area contributed by atoms with Gasteiger partial charge in [-0.1, -0.05) is 94.5 Å². The Morgan fingerprint density at radius 3 is 2.03 bits per heavy atom. The molecule has 0 aliphatic heterocycles. The molecule has 0 amide bonds. The van der Waals surface area contributed by atoms with E-state index in [0.717, 1.165) is 29.6 Å². The van der Waals surface area contributed by atoms with Crippen LogP contribution in [-0.4, -0.2) is 0 Å². The Balaban J connectivity index is 1.11. The van der Waals surface area contributed by atoms with E-state index in [1.807, 2.05) is 0 Å². The molecule has 0 spiro atoms. The van der Waals surface area contributed by atoms with Crippen molar-refractivity contribution in [3.05, 3.63) is 59.7 Å². The third-order valence-electron chi connectivity index (χ3n) is 10.0. The second kappa shape index (κ2) is 15.2. The molecule has 1 aromatic rings. The fourth-order valence-corrected chi connectivity index (χ4v) is 7.43. The molecule has 2 unspecified atom stereocenters. The van der Waals surface area contributed by atoms with Crippen LogP contribution in [0, 0.1) is 29.6 Å². The van der Waals surface area contributed by atoms with Crippen molar-refractivity contribution in [2.24, 2.45) is 29.6 Å². The smallest absolute Gasteiger partial charge is 0.00531 e. The quantitative estimate of drug-likeness (QED) is 0.203. The highest BCUT2D eigenvalue weighted by molar-refractivity contribution is 5.26. The van der Waals surface area contributed by atoms with E-state index >= 15 is 0 Å². The number of hydrogen-bond donors (Lipinski definition) is 0. The molecule has 3 aliphatic rings. The molecule has 2 atom stereocenters. The number of benzene rings is 1. The lowest BCUT2D eigenvalue weighted by molar-refractivity contribution is 0.295. The van der Waals surface area contributed by atoms with Gasteiger partial charge >= 0.3 is 0 Å². The van der Waals surface area contributed by atoms with Crippen LogP contribution in [0.25, 0.3) is 0 Å². The van der Waals surface area contributed by atoms with Crippen molar-refractivity contribution in [3.8, 4) is 0 Å². The van der Waals surface area contributed by atoms with Crippen LogP contribution in [0.2, 0.25) is 0 Å². The average Bonchev–Trinajstić information content (AvgIpc) is 2.93. The van der Waals surface area contributed by atoms with Crippen LogP contribution in [0.3, 0.4) is 0 Å². The van der Waals surface area contributed by atoms with E-state index in [1.54, 1.807) is 11.1 Å². The number of aryl methyl sites for hydroxylation is 1. The van der Waals surface area contributed by atoms with Gasteiger partial charge in [0.1, 0.15) is 0 Å². The van der Waals surface area contributed by atoms with Crippen molar-refractivity contribution in [2.45, 2.75) is 135 Å². The highest BCUT2D eigenvalue weighted by Gasteiger charge is 2.23.